The van der Waals surface area contributed by atoms with Crippen molar-refractivity contribution in [1.29, 1.82) is 0 Å². The van der Waals surface area contributed by atoms with Gasteiger partial charge in [0.05, 0.1) is 6.04 Å². The van der Waals surface area contributed by atoms with Gasteiger partial charge in [0.25, 0.3) is 0 Å². The molecule has 0 saturated carbocycles. The molecular weight excluding hydrogens is 228 g/mol. The molecule has 3 N–H and O–H groups in total. The van der Waals surface area contributed by atoms with E-state index in [4.69, 9.17) is 5.73 Å². The Morgan fingerprint density at radius 1 is 1.29 bits per heavy atom. The molecule has 1 atom stereocenters. The third kappa shape index (κ3) is 2.61. The summed E-state index contributed by atoms with van der Waals surface area (Å²) >= 11 is 1.79. The second kappa shape index (κ2) is 5.23. The molecule has 2 rings (SSSR count). The van der Waals surface area contributed by atoms with E-state index in [-0.39, 0.29) is 0 Å². The van der Waals surface area contributed by atoms with Crippen LogP contribution >= 0.6 is 11.3 Å². The SMILES string of the molecule is CCC(Nc1cccc(N)c1C)c1cccs1. The molecule has 0 aliphatic carbocycles. The van der Waals surface area contributed by atoms with Gasteiger partial charge < -0.3 is 11.1 Å². The molecule has 3 heteroatoms. The maximum Gasteiger partial charge on any atom is 0.0604 e. The van der Waals surface area contributed by atoms with E-state index in [1.165, 1.54) is 4.88 Å². The van der Waals surface area contributed by atoms with Gasteiger partial charge in [0.15, 0.2) is 0 Å². The Morgan fingerprint density at radius 3 is 2.76 bits per heavy atom. The number of rotatable bonds is 4. The highest BCUT2D eigenvalue weighted by molar-refractivity contribution is 7.10. The molecule has 90 valence electrons. The Bertz CT molecular complexity index is 477. The van der Waals surface area contributed by atoms with E-state index < -0.39 is 0 Å². The van der Waals surface area contributed by atoms with Gasteiger partial charge in [-0.05, 0) is 42.5 Å². The van der Waals surface area contributed by atoms with E-state index in [1.807, 2.05) is 12.1 Å². The molecule has 1 aromatic heterocycles. The summed E-state index contributed by atoms with van der Waals surface area (Å²) in [5.41, 5.74) is 9.02. The van der Waals surface area contributed by atoms with E-state index in [0.717, 1.165) is 23.4 Å². The summed E-state index contributed by atoms with van der Waals surface area (Å²) in [6.07, 6.45) is 1.06. The van der Waals surface area contributed by atoms with Gasteiger partial charge in [-0.1, -0.05) is 19.1 Å². The molecule has 0 fully saturated rings. The van der Waals surface area contributed by atoms with E-state index >= 15 is 0 Å². The minimum absolute atomic E-state index is 0.371. The van der Waals surface area contributed by atoms with Crippen LogP contribution in [0.3, 0.4) is 0 Å². The zero-order valence-corrected chi connectivity index (χ0v) is 11.1. The molecular formula is C14H18N2S. The highest BCUT2D eigenvalue weighted by Gasteiger charge is 2.11. The Balaban J connectivity index is 2.22. The minimum atomic E-state index is 0.371. The fourth-order valence-corrected chi connectivity index (χ4v) is 2.72. The van der Waals surface area contributed by atoms with Crippen LogP contribution in [0.4, 0.5) is 11.4 Å². The van der Waals surface area contributed by atoms with Crippen LogP contribution < -0.4 is 11.1 Å². The minimum Gasteiger partial charge on any atom is -0.398 e. The third-order valence-corrected chi connectivity index (χ3v) is 3.99. The van der Waals surface area contributed by atoms with Gasteiger partial charge in [0.2, 0.25) is 0 Å². The largest absolute Gasteiger partial charge is 0.398 e. The van der Waals surface area contributed by atoms with E-state index in [2.05, 4.69) is 42.7 Å². The zero-order valence-electron chi connectivity index (χ0n) is 10.2. The molecule has 17 heavy (non-hydrogen) atoms. The van der Waals surface area contributed by atoms with E-state index in [9.17, 15) is 0 Å². The number of benzene rings is 1. The Morgan fingerprint density at radius 2 is 2.12 bits per heavy atom. The van der Waals surface area contributed by atoms with Gasteiger partial charge in [0, 0.05) is 16.3 Å². The van der Waals surface area contributed by atoms with Crippen molar-refractivity contribution in [2.24, 2.45) is 0 Å². The Labute approximate surface area is 106 Å². The summed E-state index contributed by atoms with van der Waals surface area (Å²) in [7, 11) is 0. The lowest BCUT2D eigenvalue weighted by molar-refractivity contribution is 0.763. The van der Waals surface area contributed by atoms with Crippen LogP contribution in [0.15, 0.2) is 35.7 Å². The standard InChI is InChI=1S/C14H18N2S/c1-3-12(14-8-5-9-17-14)16-13-7-4-6-11(15)10(13)2/h4-9,12,16H,3,15H2,1-2H3. The summed E-state index contributed by atoms with van der Waals surface area (Å²) in [4.78, 5) is 1.37. The molecule has 1 unspecified atom stereocenters. The predicted octanol–water partition coefficient (Wildman–Crippen LogP) is 4.20. The summed E-state index contributed by atoms with van der Waals surface area (Å²) < 4.78 is 0. The molecule has 2 aromatic rings. The molecule has 2 nitrogen and oxygen atoms in total. The van der Waals surface area contributed by atoms with E-state index in [1.54, 1.807) is 11.3 Å². The average Bonchev–Trinajstić information content (AvgIpc) is 2.85. The van der Waals surface area contributed by atoms with E-state index in [0.29, 0.717) is 6.04 Å². The van der Waals surface area contributed by atoms with Crippen molar-refractivity contribution in [2.75, 3.05) is 11.1 Å². The number of hydrogen-bond acceptors (Lipinski definition) is 3. The summed E-state index contributed by atoms with van der Waals surface area (Å²) in [6.45, 7) is 4.25. The second-order valence-corrected chi connectivity index (χ2v) is 5.12. The molecule has 1 heterocycles. The van der Waals surface area contributed by atoms with Crippen molar-refractivity contribution >= 4 is 22.7 Å². The zero-order chi connectivity index (χ0) is 12.3. The van der Waals surface area contributed by atoms with Crippen LogP contribution in [-0.4, -0.2) is 0 Å². The van der Waals surface area contributed by atoms with Gasteiger partial charge in [-0.15, -0.1) is 11.3 Å². The lowest BCUT2D eigenvalue weighted by Gasteiger charge is -2.19. The van der Waals surface area contributed by atoms with Crippen molar-refractivity contribution in [3.8, 4) is 0 Å². The number of hydrogen-bond donors (Lipinski definition) is 2. The normalized spacial score (nSPS) is 12.4. The van der Waals surface area contributed by atoms with Crippen molar-refractivity contribution in [3.63, 3.8) is 0 Å². The smallest absolute Gasteiger partial charge is 0.0604 e. The van der Waals surface area contributed by atoms with Gasteiger partial charge in [-0.3, -0.25) is 0 Å². The van der Waals surface area contributed by atoms with Gasteiger partial charge in [-0.25, -0.2) is 0 Å². The monoisotopic (exact) mass is 246 g/mol. The molecule has 0 saturated heterocycles. The summed E-state index contributed by atoms with van der Waals surface area (Å²) in [6, 6.07) is 10.7. The first-order valence-electron chi connectivity index (χ1n) is 5.87. The Kier molecular flexibility index (Phi) is 3.69. The van der Waals surface area contributed by atoms with Gasteiger partial charge in [-0.2, -0.15) is 0 Å². The van der Waals surface area contributed by atoms with Crippen LogP contribution in [0.1, 0.15) is 29.8 Å². The van der Waals surface area contributed by atoms with Gasteiger partial charge >= 0.3 is 0 Å². The van der Waals surface area contributed by atoms with Crippen LogP contribution in [0, 0.1) is 6.92 Å². The lowest BCUT2D eigenvalue weighted by Crippen LogP contribution is -2.09. The molecule has 0 radical (unpaired) electrons. The highest BCUT2D eigenvalue weighted by Crippen LogP contribution is 2.29. The quantitative estimate of drug-likeness (QED) is 0.793. The van der Waals surface area contributed by atoms with Crippen LogP contribution in [0.5, 0.6) is 0 Å². The fraction of sp³-hybridized carbons (Fsp3) is 0.286. The average molecular weight is 246 g/mol. The van der Waals surface area contributed by atoms with Crippen molar-refractivity contribution in [3.05, 3.63) is 46.2 Å². The third-order valence-electron chi connectivity index (χ3n) is 3.00. The molecule has 0 aliphatic heterocycles. The second-order valence-electron chi connectivity index (χ2n) is 4.14. The van der Waals surface area contributed by atoms with Crippen molar-refractivity contribution in [2.45, 2.75) is 26.3 Å². The molecule has 0 bridgehead atoms. The fourth-order valence-electron chi connectivity index (χ4n) is 1.86. The first kappa shape index (κ1) is 12.0. The number of nitrogen functional groups attached to an aromatic ring is 1. The molecule has 0 aliphatic rings. The summed E-state index contributed by atoms with van der Waals surface area (Å²) in [5, 5.41) is 5.69. The van der Waals surface area contributed by atoms with Crippen molar-refractivity contribution in [1.82, 2.24) is 0 Å². The van der Waals surface area contributed by atoms with Crippen LogP contribution in [-0.2, 0) is 0 Å². The lowest BCUT2D eigenvalue weighted by atomic mass is 10.1. The molecule has 0 spiro atoms. The number of nitrogens with one attached hydrogen (secondary N) is 1. The number of anilines is 2. The van der Waals surface area contributed by atoms with Crippen LogP contribution in [0.2, 0.25) is 0 Å². The first-order chi connectivity index (χ1) is 8.22. The first-order valence-corrected chi connectivity index (χ1v) is 6.75. The molecule has 0 amide bonds. The predicted molar refractivity (Wildman–Crippen MR) is 76.6 cm³/mol. The maximum absolute atomic E-state index is 5.92. The maximum atomic E-state index is 5.92. The topological polar surface area (TPSA) is 38.0 Å². The van der Waals surface area contributed by atoms with Gasteiger partial charge in [0.1, 0.15) is 0 Å². The molecule has 1 aromatic carbocycles. The summed E-state index contributed by atoms with van der Waals surface area (Å²) in [5.74, 6) is 0. The Hall–Kier alpha value is -1.48. The van der Waals surface area contributed by atoms with Crippen molar-refractivity contribution < 1.29 is 0 Å². The highest BCUT2D eigenvalue weighted by atomic mass is 32.1. The number of nitrogens with two attached hydrogens (primary N) is 1. The number of thiophene rings is 1. The van der Waals surface area contributed by atoms with Crippen LogP contribution in [0.25, 0.3) is 0 Å².